The molecule has 0 atom stereocenters. The Morgan fingerprint density at radius 3 is 2.71 bits per heavy atom. The third kappa shape index (κ3) is 6.17. The standard InChI is InChI=1S/C16H21ClN2O2/c17-14-4-1-3-12(11-14)8-10-18-15(20)5-2-9-19-16(21)13-6-7-13/h1,3-4,11,13H,2,5-10H2,(H,18,20)(H,19,21). The number of carbonyl (C=O) groups is 2. The molecule has 1 fully saturated rings. The third-order valence-corrected chi connectivity index (χ3v) is 3.69. The van der Waals surface area contributed by atoms with Crippen LogP contribution in [0.25, 0.3) is 0 Å². The van der Waals surface area contributed by atoms with Crippen LogP contribution in [0.3, 0.4) is 0 Å². The molecule has 1 saturated carbocycles. The van der Waals surface area contributed by atoms with E-state index >= 15 is 0 Å². The number of benzene rings is 1. The van der Waals surface area contributed by atoms with Crippen LogP contribution in [0, 0.1) is 5.92 Å². The van der Waals surface area contributed by atoms with Crippen molar-refractivity contribution in [1.82, 2.24) is 10.6 Å². The summed E-state index contributed by atoms with van der Waals surface area (Å²) < 4.78 is 0. The number of nitrogens with one attached hydrogen (secondary N) is 2. The topological polar surface area (TPSA) is 58.2 Å². The maximum absolute atomic E-state index is 11.6. The van der Waals surface area contributed by atoms with Crippen LogP contribution >= 0.6 is 11.6 Å². The Morgan fingerprint density at radius 2 is 2.00 bits per heavy atom. The molecular formula is C16H21ClN2O2. The smallest absolute Gasteiger partial charge is 0.223 e. The van der Waals surface area contributed by atoms with Gasteiger partial charge in [-0.2, -0.15) is 0 Å². The summed E-state index contributed by atoms with van der Waals surface area (Å²) in [4.78, 5) is 23.0. The molecule has 1 aliphatic rings. The van der Waals surface area contributed by atoms with Crippen molar-refractivity contribution in [2.24, 2.45) is 5.92 Å². The van der Waals surface area contributed by atoms with Crippen molar-refractivity contribution in [3.05, 3.63) is 34.9 Å². The molecule has 0 heterocycles. The molecule has 0 unspecified atom stereocenters. The summed E-state index contributed by atoms with van der Waals surface area (Å²) in [6.07, 6.45) is 3.91. The van der Waals surface area contributed by atoms with Crippen LogP contribution < -0.4 is 10.6 Å². The van der Waals surface area contributed by atoms with Gasteiger partial charge in [-0.3, -0.25) is 9.59 Å². The minimum Gasteiger partial charge on any atom is -0.356 e. The molecule has 0 aromatic heterocycles. The quantitative estimate of drug-likeness (QED) is 0.724. The maximum Gasteiger partial charge on any atom is 0.223 e. The number of hydrogen-bond donors (Lipinski definition) is 2. The molecule has 0 spiro atoms. The van der Waals surface area contributed by atoms with Crippen molar-refractivity contribution in [3.63, 3.8) is 0 Å². The van der Waals surface area contributed by atoms with E-state index in [-0.39, 0.29) is 17.7 Å². The van der Waals surface area contributed by atoms with E-state index in [2.05, 4.69) is 10.6 Å². The number of hydrogen-bond acceptors (Lipinski definition) is 2. The molecular weight excluding hydrogens is 288 g/mol. The molecule has 2 amide bonds. The zero-order valence-corrected chi connectivity index (χ0v) is 12.8. The Balaban J connectivity index is 1.52. The van der Waals surface area contributed by atoms with Crippen LogP contribution in [0.5, 0.6) is 0 Å². The lowest BCUT2D eigenvalue weighted by atomic mass is 10.1. The van der Waals surface area contributed by atoms with Crippen LogP contribution in [0.1, 0.15) is 31.2 Å². The fraction of sp³-hybridized carbons (Fsp3) is 0.500. The number of carbonyl (C=O) groups excluding carboxylic acids is 2. The summed E-state index contributed by atoms with van der Waals surface area (Å²) in [5.74, 6) is 0.394. The first kappa shape index (κ1) is 15.8. The Morgan fingerprint density at radius 1 is 1.19 bits per heavy atom. The van der Waals surface area contributed by atoms with Crippen molar-refractivity contribution in [2.45, 2.75) is 32.1 Å². The Kier molecular flexibility index (Phi) is 6.05. The monoisotopic (exact) mass is 308 g/mol. The molecule has 1 aromatic rings. The molecule has 0 radical (unpaired) electrons. The average molecular weight is 309 g/mol. The van der Waals surface area contributed by atoms with Gasteiger partial charge in [-0.15, -0.1) is 0 Å². The summed E-state index contributed by atoms with van der Waals surface area (Å²) in [5.41, 5.74) is 1.11. The summed E-state index contributed by atoms with van der Waals surface area (Å²) in [7, 11) is 0. The van der Waals surface area contributed by atoms with E-state index in [1.165, 1.54) is 0 Å². The minimum atomic E-state index is 0.0256. The first-order chi connectivity index (χ1) is 10.1. The molecule has 1 aromatic carbocycles. The fourth-order valence-electron chi connectivity index (χ4n) is 2.08. The van der Waals surface area contributed by atoms with Crippen molar-refractivity contribution in [3.8, 4) is 0 Å². The number of halogens is 1. The van der Waals surface area contributed by atoms with E-state index in [1.807, 2.05) is 24.3 Å². The zero-order valence-electron chi connectivity index (χ0n) is 12.0. The molecule has 5 heteroatoms. The second-order valence-corrected chi connectivity index (χ2v) is 5.84. The van der Waals surface area contributed by atoms with Crippen LogP contribution in [0.15, 0.2) is 24.3 Å². The summed E-state index contributed by atoms with van der Waals surface area (Å²) in [6.45, 7) is 1.19. The Labute approximate surface area is 130 Å². The highest BCUT2D eigenvalue weighted by Crippen LogP contribution is 2.28. The normalized spacial score (nSPS) is 13.8. The highest BCUT2D eigenvalue weighted by atomic mass is 35.5. The molecule has 114 valence electrons. The van der Waals surface area contributed by atoms with Gasteiger partial charge >= 0.3 is 0 Å². The largest absolute Gasteiger partial charge is 0.356 e. The van der Waals surface area contributed by atoms with E-state index in [0.29, 0.717) is 31.0 Å². The highest BCUT2D eigenvalue weighted by Gasteiger charge is 2.28. The van der Waals surface area contributed by atoms with E-state index in [1.54, 1.807) is 0 Å². The summed E-state index contributed by atoms with van der Waals surface area (Å²) in [6, 6.07) is 7.63. The van der Waals surface area contributed by atoms with Gasteiger partial charge in [0.1, 0.15) is 0 Å². The lowest BCUT2D eigenvalue weighted by molar-refractivity contribution is -0.123. The van der Waals surface area contributed by atoms with Crippen LogP contribution in [-0.4, -0.2) is 24.9 Å². The van der Waals surface area contributed by atoms with Gasteiger partial charge in [0.15, 0.2) is 0 Å². The van der Waals surface area contributed by atoms with Crippen LogP contribution in [-0.2, 0) is 16.0 Å². The average Bonchev–Trinajstić information content (AvgIpc) is 3.28. The Hall–Kier alpha value is -1.55. The van der Waals surface area contributed by atoms with Gasteiger partial charge in [0.05, 0.1) is 0 Å². The van der Waals surface area contributed by atoms with Crippen molar-refractivity contribution >= 4 is 23.4 Å². The SMILES string of the molecule is O=C(CCCNC(=O)C1CC1)NCCc1cccc(Cl)c1. The van der Waals surface area contributed by atoms with Crippen molar-refractivity contribution in [2.75, 3.05) is 13.1 Å². The van der Waals surface area contributed by atoms with E-state index in [9.17, 15) is 9.59 Å². The lowest BCUT2D eigenvalue weighted by Crippen LogP contribution is -2.29. The van der Waals surface area contributed by atoms with Gasteiger partial charge in [0, 0.05) is 30.5 Å². The van der Waals surface area contributed by atoms with E-state index < -0.39 is 0 Å². The molecule has 0 aliphatic heterocycles. The molecule has 4 nitrogen and oxygen atoms in total. The van der Waals surface area contributed by atoms with Crippen LogP contribution in [0.2, 0.25) is 5.02 Å². The minimum absolute atomic E-state index is 0.0256. The predicted octanol–water partition coefficient (Wildman–Crippen LogP) is 2.31. The first-order valence-corrected chi connectivity index (χ1v) is 7.82. The van der Waals surface area contributed by atoms with Gasteiger partial charge in [-0.1, -0.05) is 23.7 Å². The molecule has 21 heavy (non-hydrogen) atoms. The molecule has 0 saturated heterocycles. The number of amides is 2. The van der Waals surface area contributed by atoms with Crippen LogP contribution in [0.4, 0.5) is 0 Å². The fourth-order valence-corrected chi connectivity index (χ4v) is 2.29. The van der Waals surface area contributed by atoms with Gasteiger partial charge < -0.3 is 10.6 Å². The maximum atomic E-state index is 11.6. The lowest BCUT2D eigenvalue weighted by Gasteiger charge is -2.06. The Bertz CT molecular complexity index is 501. The highest BCUT2D eigenvalue weighted by molar-refractivity contribution is 6.30. The molecule has 2 rings (SSSR count). The second-order valence-electron chi connectivity index (χ2n) is 5.40. The van der Waals surface area contributed by atoms with Gasteiger partial charge in [0.2, 0.25) is 11.8 Å². The van der Waals surface area contributed by atoms with E-state index in [0.717, 1.165) is 24.8 Å². The van der Waals surface area contributed by atoms with E-state index in [4.69, 9.17) is 11.6 Å². The van der Waals surface area contributed by atoms with Gasteiger partial charge in [-0.05, 0) is 43.4 Å². The van der Waals surface area contributed by atoms with Gasteiger partial charge in [-0.25, -0.2) is 0 Å². The van der Waals surface area contributed by atoms with Crippen molar-refractivity contribution < 1.29 is 9.59 Å². The predicted molar refractivity (Wildman–Crippen MR) is 83.1 cm³/mol. The molecule has 2 N–H and O–H groups in total. The summed E-state index contributed by atoms with van der Waals surface area (Å²) >= 11 is 5.90. The molecule has 0 bridgehead atoms. The van der Waals surface area contributed by atoms with Gasteiger partial charge in [0.25, 0.3) is 0 Å². The summed E-state index contributed by atoms with van der Waals surface area (Å²) in [5, 5.41) is 6.45. The first-order valence-electron chi connectivity index (χ1n) is 7.44. The zero-order chi connectivity index (χ0) is 15.1. The molecule has 1 aliphatic carbocycles. The third-order valence-electron chi connectivity index (χ3n) is 3.45. The number of rotatable bonds is 8. The van der Waals surface area contributed by atoms with Crippen molar-refractivity contribution in [1.29, 1.82) is 0 Å². The second kappa shape index (κ2) is 8.03.